The maximum Gasteiger partial charge on any atom is 0.156 e. The van der Waals surface area contributed by atoms with Crippen molar-refractivity contribution in [2.75, 3.05) is 11.5 Å². The van der Waals surface area contributed by atoms with Gasteiger partial charge in [0, 0.05) is 0 Å². The van der Waals surface area contributed by atoms with Gasteiger partial charge in [-0.1, -0.05) is 6.07 Å². The molecule has 1 saturated heterocycles. The van der Waals surface area contributed by atoms with Gasteiger partial charge in [0.05, 0.1) is 21.5 Å². The first-order chi connectivity index (χ1) is 8.43. The summed E-state index contributed by atoms with van der Waals surface area (Å²) in [5.41, 5.74) is 0.306. The molecule has 0 spiro atoms. The lowest BCUT2D eigenvalue weighted by molar-refractivity contribution is 0.0723. The van der Waals surface area contributed by atoms with E-state index in [-0.39, 0.29) is 17.3 Å². The largest absolute Gasteiger partial charge is 0.485 e. The van der Waals surface area contributed by atoms with Gasteiger partial charge in [-0.25, -0.2) is 8.42 Å². The minimum Gasteiger partial charge on any atom is -0.485 e. The summed E-state index contributed by atoms with van der Waals surface area (Å²) in [5.74, 6) is -0.291. The first-order valence-corrected chi connectivity index (χ1v) is 7.83. The van der Waals surface area contributed by atoms with Gasteiger partial charge in [-0.15, -0.1) is 0 Å². The average molecular weight is 335 g/mol. The minimum atomic E-state index is -3.28. The van der Waals surface area contributed by atoms with Gasteiger partial charge in [0.2, 0.25) is 0 Å². The second-order valence-corrected chi connectivity index (χ2v) is 7.08. The van der Waals surface area contributed by atoms with Crippen LogP contribution in [0.4, 0.5) is 0 Å². The molecule has 0 radical (unpaired) electrons. The molecular weight excluding hydrogens is 324 g/mol. The fraction of sp³-hybridized carbons (Fsp3) is 0.364. The Morgan fingerprint density at radius 2 is 2.11 bits per heavy atom. The third-order valence-electron chi connectivity index (χ3n) is 2.67. The second-order valence-electron chi connectivity index (χ2n) is 4.08. The molecule has 0 saturated carbocycles. The monoisotopic (exact) mass is 334 g/mol. The summed E-state index contributed by atoms with van der Waals surface area (Å²) >= 11 is 3.23. The summed E-state index contributed by atoms with van der Waals surface area (Å²) in [4.78, 5) is 10.9. The third-order valence-corrected chi connectivity index (χ3v) is 4.98. The van der Waals surface area contributed by atoms with Crippen molar-refractivity contribution in [3.05, 3.63) is 28.2 Å². The van der Waals surface area contributed by atoms with Gasteiger partial charge < -0.3 is 9.84 Å². The lowest BCUT2D eigenvalue weighted by Gasteiger charge is -2.17. The highest BCUT2D eigenvalue weighted by molar-refractivity contribution is 9.10. The minimum absolute atomic E-state index is 0.242. The molecular formula is C11H11BrO5S. The molecule has 1 aromatic carbocycles. The molecule has 1 fully saturated rings. The van der Waals surface area contributed by atoms with Crippen molar-refractivity contribution < 1.29 is 23.1 Å². The molecule has 0 amide bonds. The number of ether oxygens (including phenoxy) is 1. The van der Waals surface area contributed by atoms with Crippen molar-refractivity contribution >= 4 is 32.1 Å². The molecule has 2 atom stereocenters. The Labute approximate surface area is 113 Å². The molecule has 2 rings (SSSR count). The number of benzene rings is 1. The van der Waals surface area contributed by atoms with Crippen LogP contribution in [0.2, 0.25) is 0 Å². The first kappa shape index (κ1) is 13.5. The number of aliphatic hydroxyl groups excluding tert-OH is 1. The van der Waals surface area contributed by atoms with Crippen LogP contribution in [0.1, 0.15) is 10.4 Å². The predicted octanol–water partition coefficient (Wildman–Crippen LogP) is 0.798. The van der Waals surface area contributed by atoms with Gasteiger partial charge in [-0.05, 0) is 28.1 Å². The SMILES string of the molecule is O=Cc1cccc(Br)c1OC1CS(=O)(=O)CC1O. The zero-order chi connectivity index (χ0) is 13.3. The lowest BCUT2D eigenvalue weighted by Crippen LogP contribution is -2.30. The van der Waals surface area contributed by atoms with Gasteiger partial charge in [-0.2, -0.15) is 0 Å². The van der Waals surface area contributed by atoms with Crippen LogP contribution in [0.3, 0.4) is 0 Å². The predicted molar refractivity (Wildman–Crippen MR) is 68.6 cm³/mol. The fourth-order valence-corrected chi connectivity index (χ4v) is 3.94. The molecule has 1 heterocycles. The number of rotatable bonds is 3. The maximum absolute atomic E-state index is 11.4. The van der Waals surface area contributed by atoms with E-state index in [0.29, 0.717) is 16.3 Å². The third kappa shape index (κ3) is 2.73. The number of aliphatic hydroxyl groups is 1. The maximum atomic E-state index is 11.4. The van der Waals surface area contributed by atoms with Crippen molar-refractivity contribution in [2.24, 2.45) is 0 Å². The standard InChI is InChI=1S/C11H11BrO5S/c12-8-3-1-2-7(4-13)11(8)17-10-6-18(15,16)5-9(10)14/h1-4,9-10,14H,5-6H2. The molecule has 7 heteroatoms. The van der Waals surface area contributed by atoms with E-state index in [4.69, 9.17) is 4.74 Å². The Kier molecular flexibility index (Phi) is 3.74. The van der Waals surface area contributed by atoms with Gasteiger partial charge in [0.1, 0.15) is 18.0 Å². The summed E-state index contributed by atoms with van der Waals surface area (Å²) in [6.07, 6.45) is -1.29. The smallest absolute Gasteiger partial charge is 0.156 e. The molecule has 1 N–H and O–H groups in total. The number of para-hydroxylation sites is 1. The van der Waals surface area contributed by atoms with Gasteiger partial charge >= 0.3 is 0 Å². The lowest BCUT2D eigenvalue weighted by atomic mass is 10.2. The Balaban J connectivity index is 2.28. The number of sulfone groups is 1. The molecule has 0 aromatic heterocycles. The number of hydrogen-bond donors (Lipinski definition) is 1. The van der Waals surface area contributed by atoms with Crippen LogP contribution < -0.4 is 4.74 Å². The summed E-state index contributed by atoms with van der Waals surface area (Å²) in [7, 11) is -3.28. The van der Waals surface area contributed by atoms with Crippen LogP contribution >= 0.6 is 15.9 Å². The van der Waals surface area contributed by atoms with E-state index in [0.717, 1.165) is 0 Å². The topological polar surface area (TPSA) is 80.7 Å². The molecule has 2 unspecified atom stereocenters. The highest BCUT2D eigenvalue weighted by Gasteiger charge is 2.38. The van der Waals surface area contributed by atoms with E-state index in [1.165, 1.54) is 0 Å². The number of carbonyl (C=O) groups excluding carboxylic acids is 1. The zero-order valence-corrected chi connectivity index (χ0v) is 11.6. The highest BCUT2D eigenvalue weighted by atomic mass is 79.9. The van der Waals surface area contributed by atoms with Crippen molar-refractivity contribution in [3.8, 4) is 5.75 Å². The van der Waals surface area contributed by atoms with Crippen LogP contribution in [0, 0.1) is 0 Å². The van der Waals surface area contributed by atoms with Gasteiger partial charge in [-0.3, -0.25) is 4.79 Å². The normalized spacial score (nSPS) is 25.9. The van der Waals surface area contributed by atoms with E-state index in [1.54, 1.807) is 18.2 Å². The zero-order valence-electron chi connectivity index (χ0n) is 9.24. The van der Waals surface area contributed by atoms with E-state index < -0.39 is 22.0 Å². The van der Waals surface area contributed by atoms with Crippen LogP contribution in [0.5, 0.6) is 5.75 Å². The van der Waals surface area contributed by atoms with Gasteiger partial charge in [0.25, 0.3) is 0 Å². The Hall–Kier alpha value is -0.920. The highest BCUT2D eigenvalue weighted by Crippen LogP contribution is 2.30. The van der Waals surface area contributed by atoms with E-state index >= 15 is 0 Å². The Bertz CT molecular complexity index is 569. The molecule has 18 heavy (non-hydrogen) atoms. The molecule has 5 nitrogen and oxygen atoms in total. The number of aldehydes is 1. The van der Waals surface area contributed by atoms with Crippen LogP contribution in [-0.4, -0.2) is 43.5 Å². The molecule has 1 aromatic rings. The van der Waals surface area contributed by atoms with E-state index in [1.807, 2.05) is 0 Å². The summed E-state index contributed by atoms with van der Waals surface area (Å²) in [6.45, 7) is 0. The Morgan fingerprint density at radius 3 is 2.67 bits per heavy atom. The van der Waals surface area contributed by atoms with Crippen molar-refractivity contribution in [2.45, 2.75) is 12.2 Å². The summed E-state index contributed by atoms with van der Waals surface area (Å²) in [5, 5.41) is 9.63. The quantitative estimate of drug-likeness (QED) is 0.827. The number of hydrogen-bond acceptors (Lipinski definition) is 5. The van der Waals surface area contributed by atoms with Crippen molar-refractivity contribution in [1.82, 2.24) is 0 Å². The fourth-order valence-electron chi connectivity index (χ4n) is 1.80. The van der Waals surface area contributed by atoms with Crippen molar-refractivity contribution in [3.63, 3.8) is 0 Å². The average Bonchev–Trinajstić information content (AvgIpc) is 2.54. The Morgan fingerprint density at radius 1 is 1.39 bits per heavy atom. The first-order valence-electron chi connectivity index (χ1n) is 5.22. The molecule has 98 valence electrons. The number of carbonyl (C=O) groups is 1. The second kappa shape index (κ2) is 4.99. The summed E-state index contributed by atoms with van der Waals surface area (Å²) < 4.78 is 28.7. The molecule has 1 aliphatic rings. The summed E-state index contributed by atoms with van der Waals surface area (Å²) in [6, 6.07) is 4.91. The van der Waals surface area contributed by atoms with Crippen LogP contribution in [0.25, 0.3) is 0 Å². The van der Waals surface area contributed by atoms with E-state index in [9.17, 15) is 18.3 Å². The molecule has 1 aliphatic heterocycles. The molecule has 0 aliphatic carbocycles. The molecule has 0 bridgehead atoms. The van der Waals surface area contributed by atoms with Crippen molar-refractivity contribution in [1.29, 1.82) is 0 Å². The van der Waals surface area contributed by atoms with Gasteiger partial charge in [0.15, 0.2) is 16.1 Å². The van der Waals surface area contributed by atoms with Crippen LogP contribution in [0.15, 0.2) is 22.7 Å². The van der Waals surface area contributed by atoms with E-state index in [2.05, 4.69) is 15.9 Å². The number of halogens is 1. The van der Waals surface area contributed by atoms with Crippen LogP contribution in [-0.2, 0) is 9.84 Å².